The van der Waals surface area contributed by atoms with Crippen LogP contribution in [0.15, 0.2) is 24.3 Å². The molecule has 0 radical (unpaired) electrons. The molecule has 0 spiro atoms. The average Bonchev–Trinajstić information content (AvgIpc) is 2.22. The minimum Gasteiger partial charge on any atom is -0.395 e. The number of hydrogen-bond donors (Lipinski definition) is 1. The summed E-state index contributed by atoms with van der Waals surface area (Å²) in [6.07, 6.45) is 9.34. The van der Waals surface area contributed by atoms with Crippen molar-refractivity contribution in [1.29, 1.82) is 0 Å². The van der Waals surface area contributed by atoms with Crippen molar-refractivity contribution in [3.63, 3.8) is 0 Å². The molecule has 0 saturated carbocycles. The second kappa shape index (κ2) is 8.97. The molecule has 0 heterocycles. The molecule has 0 bridgehead atoms. The molecule has 0 aliphatic heterocycles. The topological polar surface area (TPSA) is 23.5 Å². The van der Waals surface area contributed by atoms with Crippen LogP contribution in [0.2, 0.25) is 0 Å². The van der Waals surface area contributed by atoms with E-state index in [9.17, 15) is 5.11 Å². The Balaban J connectivity index is 4.19. The van der Waals surface area contributed by atoms with Gasteiger partial charge < -0.3 is 5.11 Å². The highest BCUT2D eigenvalue weighted by atomic mass is 16.3. The summed E-state index contributed by atoms with van der Waals surface area (Å²) in [6, 6.07) is 0.280. The van der Waals surface area contributed by atoms with Crippen LogP contribution in [0.25, 0.3) is 0 Å². The van der Waals surface area contributed by atoms with Gasteiger partial charge in [-0.25, -0.2) is 0 Å². The number of aliphatic hydroxyl groups excluding tert-OH is 1. The molecule has 0 amide bonds. The van der Waals surface area contributed by atoms with Gasteiger partial charge in [-0.3, -0.25) is 4.90 Å². The zero-order valence-corrected chi connectivity index (χ0v) is 9.61. The van der Waals surface area contributed by atoms with E-state index in [1.807, 2.05) is 26.0 Å². The lowest BCUT2D eigenvalue weighted by atomic mass is 10.2. The average molecular weight is 197 g/mol. The van der Waals surface area contributed by atoms with Gasteiger partial charge in [-0.1, -0.05) is 31.2 Å². The number of nitrogens with zero attached hydrogens (tertiary/aromatic N) is 1. The lowest BCUT2D eigenvalue weighted by Crippen LogP contribution is -2.37. The summed E-state index contributed by atoms with van der Waals surface area (Å²) in [5.74, 6) is 0. The molecule has 2 nitrogen and oxygen atoms in total. The fraction of sp³-hybridized carbons (Fsp3) is 0.667. The maximum absolute atomic E-state index is 9.21. The van der Waals surface area contributed by atoms with Crippen molar-refractivity contribution in [2.24, 2.45) is 0 Å². The van der Waals surface area contributed by atoms with Gasteiger partial charge in [0.15, 0.2) is 0 Å². The second-order valence-corrected chi connectivity index (χ2v) is 3.34. The number of aliphatic hydroxyl groups is 1. The van der Waals surface area contributed by atoms with Crippen LogP contribution >= 0.6 is 0 Å². The first kappa shape index (κ1) is 13.4. The van der Waals surface area contributed by atoms with Gasteiger partial charge in [0.25, 0.3) is 0 Å². The summed E-state index contributed by atoms with van der Waals surface area (Å²) in [7, 11) is 0. The molecule has 1 unspecified atom stereocenters. The minimum absolute atomic E-state index is 0.242. The predicted octanol–water partition coefficient (Wildman–Crippen LogP) is 2.21. The van der Waals surface area contributed by atoms with Gasteiger partial charge in [-0.2, -0.15) is 0 Å². The molecular formula is C12H23NO. The third-order valence-corrected chi connectivity index (χ3v) is 2.35. The van der Waals surface area contributed by atoms with Crippen molar-refractivity contribution >= 4 is 0 Å². The predicted molar refractivity (Wildman–Crippen MR) is 62.4 cm³/mol. The zero-order chi connectivity index (χ0) is 10.8. The third kappa shape index (κ3) is 5.20. The Morgan fingerprint density at radius 3 is 1.93 bits per heavy atom. The molecule has 0 saturated heterocycles. The van der Waals surface area contributed by atoms with Gasteiger partial charge in [0, 0.05) is 19.1 Å². The van der Waals surface area contributed by atoms with Crippen LogP contribution in [-0.2, 0) is 0 Å². The van der Waals surface area contributed by atoms with E-state index in [0.29, 0.717) is 0 Å². The zero-order valence-electron chi connectivity index (χ0n) is 9.61. The third-order valence-electron chi connectivity index (χ3n) is 2.35. The first-order valence-electron chi connectivity index (χ1n) is 5.37. The van der Waals surface area contributed by atoms with E-state index in [4.69, 9.17) is 0 Å². The van der Waals surface area contributed by atoms with E-state index in [-0.39, 0.29) is 12.6 Å². The van der Waals surface area contributed by atoms with E-state index >= 15 is 0 Å². The van der Waals surface area contributed by atoms with Crippen molar-refractivity contribution in [1.82, 2.24) is 4.90 Å². The van der Waals surface area contributed by atoms with Crippen LogP contribution in [0, 0.1) is 0 Å². The molecule has 2 heteroatoms. The first-order valence-corrected chi connectivity index (χ1v) is 5.37. The maximum atomic E-state index is 9.21. The normalized spacial score (nSPS) is 14.6. The van der Waals surface area contributed by atoms with Gasteiger partial charge in [-0.05, 0) is 20.3 Å². The number of hydrogen-bond acceptors (Lipinski definition) is 2. The van der Waals surface area contributed by atoms with E-state index in [0.717, 1.165) is 19.5 Å². The highest BCUT2D eigenvalue weighted by Gasteiger charge is 2.12. The van der Waals surface area contributed by atoms with Crippen LogP contribution in [0.4, 0.5) is 0 Å². The van der Waals surface area contributed by atoms with Crippen LogP contribution in [0.3, 0.4) is 0 Å². The molecule has 0 aromatic rings. The monoisotopic (exact) mass is 197 g/mol. The van der Waals surface area contributed by atoms with Crippen molar-refractivity contribution in [3.8, 4) is 0 Å². The number of rotatable bonds is 7. The highest BCUT2D eigenvalue weighted by molar-refractivity contribution is 4.89. The quantitative estimate of drug-likeness (QED) is 0.633. The molecule has 1 N–H and O–H groups in total. The summed E-state index contributed by atoms with van der Waals surface area (Å²) < 4.78 is 0. The molecular weight excluding hydrogens is 174 g/mol. The number of allylic oxidation sites excluding steroid dienone is 2. The van der Waals surface area contributed by atoms with Gasteiger partial charge >= 0.3 is 0 Å². The summed E-state index contributed by atoms with van der Waals surface area (Å²) in [5, 5.41) is 9.21. The van der Waals surface area contributed by atoms with Crippen molar-refractivity contribution in [3.05, 3.63) is 24.3 Å². The van der Waals surface area contributed by atoms with Crippen LogP contribution in [0.1, 0.15) is 27.2 Å². The van der Waals surface area contributed by atoms with E-state index < -0.39 is 0 Å². The van der Waals surface area contributed by atoms with E-state index in [2.05, 4.69) is 24.0 Å². The van der Waals surface area contributed by atoms with Gasteiger partial charge in [-0.15, -0.1) is 0 Å². The van der Waals surface area contributed by atoms with Crippen molar-refractivity contribution < 1.29 is 5.11 Å². The largest absolute Gasteiger partial charge is 0.395 e. The molecule has 0 fully saturated rings. The molecule has 14 heavy (non-hydrogen) atoms. The van der Waals surface area contributed by atoms with Gasteiger partial charge in [0.1, 0.15) is 0 Å². The lowest BCUT2D eigenvalue weighted by Gasteiger charge is -2.27. The van der Waals surface area contributed by atoms with Crippen LogP contribution in [0.5, 0.6) is 0 Å². The molecule has 1 atom stereocenters. The van der Waals surface area contributed by atoms with Crippen molar-refractivity contribution in [2.45, 2.75) is 33.2 Å². The Kier molecular flexibility index (Phi) is 8.59. The molecule has 0 aromatic carbocycles. The molecule has 0 aromatic heterocycles. The summed E-state index contributed by atoms with van der Waals surface area (Å²) in [4.78, 5) is 2.28. The Hall–Kier alpha value is -0.600. The Labute approximate surface area is 87.9 Å². The van der Waals surface area contributed by atoms with Crippen LogP contribution < -0.4 is 0 Å². The Morgan fingerprint density at radius 1 is 1.14 bits per heavy atom. The fourth-order valence-corrected chi connectivity index (χ4v) is 1.36. The first-order chi connectivity index (χ1) is 6.79. The molecule has 82 valence electrons. The Bertz CT molecular complexity index is 157. The van der Waals surface area contributed by atoms with Crippen molar-refractivity contribution in [2.75, 3.05) is 19.7 Å². The summed E-state index contributed by atoms with van der Waals surface area (Å²) in [6.45, 7) is 8.23. The van der Waals surface area contributed by atoms with E-state index in [1.54, 1.807) is 0 Å². The van der Waals surface area contributed by atoms with Crippen LogP contribution in [-0.4, -0.2) is 35.7 Å². The molecule has 0 aliphatic rings. The lowest BCUT2D eigenvalue weighted by molar-refractivity contribution is 0.141. The fourth-order valence-electron chi connectivity index (χ4n) is 1.36. The Morgan fingerprint density at radius 2 is 1.64 bits per heavy atom. The SMILES string of the molecule is CC=CCN(CC=CC)C(CC)CO. The van der Waals surface area contributed by atoms with Gasteiger partial charge in [0.2, 0.25) is 0 Å². The summed E-state index contributed by atoms with van der Waals surface area (Å²) in [5.41, 5.74) is 0. The summed E-state index contributed by atoms with van der Waals surface area (Å²) >= 11 is 0. The van der Waals surface area contributed by atoms with Gasteiger partial charge in [0.05, 0.1) is 6.61 Å². The maximum Gasteiger partial charge on any atom is 0.0587 e. The van der Waals surface area contributed by atoms with E-state index in [1.165, 1.54) is 0 Å². The smallest absolute Gasteiger partial charge is 0.0587 e. The molecule has 0 aliphatic carbocycles. The highest BCUT2D eigenvalue weighted by Crippen LogP contribution is 2.03. The second-order valence-electron chi connectivity index (χ2n) is 3.34. The standard InChI is InChI=1S/C12H23NO/c1-4-7-9-13(10-8-5-2)12(6-3)11-14/h4-5,7-8,12,14H,6,9-11H2,1-3H3. The molecule has 0 rings (SSSR count). The minimum atomic E-state index is 0.242.